The lowest BCUT2D eigenvalue weighted by molar-refractivity contribution is -0.120. The summed E-state index contributed by atoms with van der Waals surface area (Å²) in [6.07, 6.45) is 2.92. The molecule has 112 valence electrons. The van der Waals surface area contributed by atoms with Gasteiger partial charge in [-0.1, -0.05) is 42.6 Å². The normalized spacial score (nSPS) is 12.2. The van der Waals surface area contributed by atoms with E-state index in [-0.39, 0.29) is 18.9 Å². The van der Waals surface area contributed by atoms with Crippen molar-refractivity contribution in [2.24, 2.45) is 5.92 Å². The summed E-state index contributed by atoms with van der Waals surface area (Å²) in [7, 11) is 0. The average molecular weight is 318 g/mol. The molecule has 2 N–H and O–H groups in total. The van der Waals surface area contributed by atoms with Gasteiger partial charge in [-0.05, 0) is 36.5 Å². The number of benzene rings is 1. The molecule has 1 unspecified atom stereocenters. The van der Waals surface area contributed by atoms with Gasteiger partial charge in [0.25, 0.3) is 0 Å². The van der Waals surface area contributed by atoms with Crippen LogP contribution in [0.4, 0.5) is 0 Å². The lowest BCUT2D eigenvalue weighted by atomic mass is 10.00. The molecule has 1 atom stereocenters. The number of hydrogen-bond acceptors (Lipinski definition) is 2. The van der Waals surface area contributed by atoms with Gasteiger partial charge in [0.15, 0.2) is 0 Å². The van der Waals surface area contributed by atoms with Gasteiger partial charge in [-0.2, -0.15) is 0 Å². The molecule has 1 aromatic carbocycles. The molecular formula is C15H21Cl2NO2. The van der Waals surface area contributed by atoms with Gasteiger partial charge in [-0.15, -0.1) is 0 Å². The van der Waals surface area contributed by atoms with Gasteiger partial charge in [-0.3, -0.25) is 4.79 Å². The smallest absolute Gasteiger partial charge is 0.224 e. The molecular weight excluding hydrogens is 297 g/mol. The molecule has 20 heavy (non-hydrogen) atoms. The van der Waals surface area contributed by atoms with Crippen LogP contribution in [0.15, 0.2) is 18.2 Å². The van der Waals surface area contributed by atoms with Crippen LogP contribution < -0.4 is 5.32 Å². The Balaban J connectivity index is 2.51. The van der Waals surface area contributed by atoms with Crippen molar-refractivity contribution >= 4 is 29.1 Å². The van der Waals surface area contributed by atoms with Gasteiger partial charge in [0.1, 0.15) is 0 Å². The van der Waals surface area contributed by atoms with Crippen LogP contribution in [0.2, 0.25) is 10.0 Å². The fourth-order valence-corrected chi connectivity index (χ4v) is 2.65. The topological polar surface area (TPSA) is 49.3 Å². The third-order valence-electron chi connectivity index (χ3n) is 3.22. The fourth-order valence-electron chi connectivity index (χ4n) is 2.12. The summed E-state index contributed by atoms with van der Waals surface area (Å²) in [5, 5.41) is 12.9. The lowest BCUT2D eigenvalue weighted by Crippen LogP contribution is -2.31. The molecule has 0 heterocycles. The van der Waals surface area contributed by atoms with Gasteiger partial charge in [-0.25, -0.2) is 0 Å². The number of amides is 1. The highest BCUT2D eigenvalue weighted by atomic mass is 35.5. The molecule has 1 rings (SSSR count). The average Bonchev–Trinajstić information content (AvgIpc) is 2.41. The van der Waals surface area contributed by atoms with Gasteiger partial charge in [0.05, 0.1) is 6.42 Å². The summed E-state index contributed by atoms with van der Waals surface area (Å²) in [5.74, 6) is 0.217. The highest BCUT2D eigenvalue weighted by Gasteiger charge is 2.13. The number of nitrogens with one attached hydrogen (secondary N) is 1. The number of aliphatic hydroxyl groups excluding tert-OH is 1. The van der Waals surface area contributed by atoms with Crippen LogP contribution >= 0.6 is 23.2 Å². The first-order valence-electron chi connectivity index (χ1n) is 6.88. The predicted molar refractivity (Wildman–Crippen MR) is 83.3 cm³/mol. The minimum Gasteiger partial charge on any atom is -0.396 e. The number of carbonyl (C=O) groups is 1. The molecule has 5 heteroatoms. The minimum absolute atomic E-state index is 0.0981. The van der Waals surface area contributed by atoms with E-state index < -0.39 is 0 Å². The zero-order valence-corrected chi connectivity index (χ0v) is 13.2. The second-order valence-electron chi connectivity index (χ2n) is 4.85. The van der Waals surface area contributed by atoms with Crippen LogP contribution in [0, 0.1) is 5.92 Å². The summed E-state index contributed by atoms with van der Waals surface area (Å²) in [4.78, 5) is 11.9. The Bertz CT molecular complexity index is 412. The number of carbonyl (C=O) groups excluding carboxylic acids is 1. The molecule has 0 saturated heterocycles. The van der Waals surface area contributed by atoms with Gasteiger partial charge in [0, 0.05) is 23.2 Å². The van der Waals surface area contributed by atoms with E-state index in [9.17, 15) is 4.79 Å². The second-order valence-corrected chi connectivity index (χ2v) is 5.66. The van der Waals surface area contributed by atoms with Crippen molar-refractivity contribution in [1.29, 1.82) is 0 Å². The predicted octanol–water partition coefficient (Wildman–Crippen LogP) is 3.45. The zero-order valence-electron chi connectivity index (χ0n) is 11.7. The van der Waals surface area contributed by atoms with E-state index in [0.29, 0.717) is 34.5 Å². The van der Waals surface area contributed by atoms with Gasteiger partial charge < -0.3 is 10.4 Å². The summed E-state index contributed by atoms with van der Waals surface area (Å²) < 4.78 is 0. The van der Waals surface area contributed by atoms with Crippen molar-refractivity contribution in [3.8, 4) is 0 Å². The molecule has 1 aromatic rings. The largest absolute Gasteiger partial charge is 0.396 e. The molecule has 3 nitrogen and oxygen atoms in total. The number of aliphatic hydroxyl groups is 1. The Kier molecular flexibility index (Phi) is 7.97. The third kappa shape index (κ3) is 5.70. The van der Waals surface area contributed by atoms with Gasteiger partial charge in [0.2, 0.25) is 5.91 Å². The van der Waals surface area contributed by atoms with Crippen LogP contribution in [0.5, 0.6) is 0 Å². The van der Waals surface area contributed by atoms with Crippen molar-refractivity contribution in [3.05, 3.63) is 33.8 Å². The van der Waals surface area contributed by atoms with Crippen molar-refractivity contribution in [3.63, 3.8) is 0 Å². The maximum absolute atomic E-state index is 11.9. The monoisotopic (exact) mass is 317 g/mol. The Morgan fingerprint density at radius 1 is 1.30 bits per heavy atom. The quantitative estimate of drug-likeness (QED) is 0.771. The van der Waals surface area contributed by atoms with E-state index in [1.54, 1.807) is 18.2 Å². The van der Waals surface area contributed by atoms with E-state index in [1.807, 2.05) is 0 Å². The van der Waals surface area contributed by atoms with Gasteiger partial charge >= 0.3 is 0 Å². The highest BCUT2D eigenvalue weighted by molar-refractivity contribution is 6.36. The van der Waals surface area contributed by atoms with E-state index in [4.69, 9.17) is 28.3 Å². The Hall–Kier alpha value is -0.770. The maximum Gasteiger partial charge on any atom is 0.224 e. The van der Waals surface area contributed by atoms with E-state index in [1.165, 1.54) is 0 Å². The molecule has 0 aliphatic carbocycles. The lowest BCUT2D eigenvalue weighted by Gasteiger charge is -2.16. The second kappa shape index (κ2) is 9.22. The third-order valence-corrected chi connectivity index (χ3v) is 3.93. The fraction of sp³-hybridized carbons (Fsp3) is 0.533. The Labute approximate surface area is 130 Å². The molecule has 0 spiro atoms. The molecule has 0 aliphatic rings. The first-order chi connectivity index (χ1) is 9.58. The number of rotatable bonds is 8. The highest BCUT2D eigenvalue weighted by Crippen LogP contribution is 2.24. The SMILES string of the molecule is CCCC(CCO)CNC(=O)Cc1c(Cl)cccc1Cl. The first-order valence-corrected chi connectivity index (χ1v) is 7.64. The Morgan fingerprint density at radius 3 is 2.50 bits per heavy atom. The Morgan fingerprint density at radius 2 is 1.95 bits per heavy atom. The van der Waals surface area contributed by atoms with Crippen LogP contribution in [0.25, 0.3) is 0 Å². The van der Waals surface area contributed by atoms with E-state index in [0.717, 1.165) is 12.8 Å². The summed E-state index contributed by atoms with van der Waals surface area (Å²) >= 11 is 12.1. The van der Waals surface area contributed by atoms with Crippen molar-refractivity contribution in [1.82, 2.24) is 5.32 Å². The first kappa shape index (κ1) is 17.3. The molecule has 0 radical (unpaired) electrons. The van der Waals surface area contributed by atoms with Crippen molar-refractivity contribution in [2.45, 2.75) is 32.6 Å². The maximum atomic E-state index is 11.9. The van der Waals surface area contributed by atoms with Crippen molar-refractivity contribution < 1.29 is 9.90 Å². The minimum atomic E-state index is -0.0981. The molecule has 0 aliphatic heterocycles. The van der Waals surface area contributed by atoms with Crippen LogP contribution in [-0.4, -0.2) is 24.2 Å². The molecule has 0 fully saturated rings. The van der Waals surface area contributed by atoms with Crippen LogP contribution in [-0.2, 0) is 11.2 Å². The summed E-state index contributed by atoms with van der Waals surface area (Å²) in [6.45, 7) is 2.82. The van der Waals surface area contributed by atoms with Crippen LogP contribution in [0.3, 0.4) is 0 Å². The standard InChI is InChI=1S/C15H21Cl2NO2/c1-2-4-11(7-8-19)10-18-15(20)9-12-13(16)5-3-6-14(12)17/h3,5-6,11,19H,2,4,7-10H2,1H3,(H,18,20). The zero-order chi connectivity index (χ0) is 15.0. The molecule has 0 bridgehead atoms. The number of hydrogen-bond donors (Lipinski definition) is 2. The number of halogens is 2. The molecule has 0 aromatic heterocycles. The van der Waals surface area contributed by atoms with E-state index in [2.05, 4.69) is 12.2 Å². The summed E-state index contributed by atoms with van der Waals surface area (Å²) in [5.41, 5.74) is 0.655. The van der Waals surface area contributed by atoms with Crippen molar-refractivity contribution in [2.75, 3.05) is 13.2 Å². The molecule has 0 saturated carbocycles. The van der Waals surface area contributed by atoms with E-state index >= 15 is 0 Å². The summed E-state index contributed by atoms with van der Waals surface area (Å²) in [6, 6.07) is 5.20. The van der Waals surface area contributed by atoms with Crippen LogP contribution in [0.1, 0.15) is 31.7 Å². The molecule has 1 amide bonds.